The van der Waals surface area contributed by atoms with Gasteiger partial charge < -0.3 is 20.1 Å². The smallest absolute Gasteiger partial charge is 0.309 e. The molecule has 2 aromatic carbocycles. The topological polar surface area (TPSA) is 81.9 Å². The van der Waals surface area contributed by atoms with Crippen LogP contribution in [0.25, 0.3) is 0 Å². The first-order valence-electron chi connectivity index (χ1n) is 8.87. The van der Waals surface area contributed by atoms with Crippen LogP contribution in [0.2, 0.25) is 0 Å². The van der Waals surface area contributed by atoms with Gasteiger partial charge in [0, 0.05) is 26.0 Å². The van der Waals surface area contributed by atoms with Gasteiger partial charge >= 0.3 is 5.97 Å². The van der Waals surface area contributed by atoms with Gasteiger partial charge in [-0.1, -0.05) is 18.2 Å². The van der Waals surface area contributed by atoms with Crippen molar-refractivity contribution in [1.29, 1.82) is 0 Å². The highest BCUT2D eigenvalue weighted by Crippen LogP contribution is 2.31. The number of amides is 1. The average Bonchev–Trinajstić information content (AvgIpc) is 2.67. The van der Waals surface area contributed by atoms with Crippen LogP contribution in [0, 0.1) is 10.7 Å². The lowest BCUT2D eigenvalue weighted by Crippen LogP contribution is -2.35. The summed E-state index contributed by atoms with van der Waals surface area (Å²) in [5.41, 5.74) is 7.97. The number of para-hydroxylation sites is 1. The number of carbonyl (C=O) groups excluding carboxylic acids is 2. The second-order valence-corrected chi connectivity index (χ2v) is 9.40. The van der Waals surface area contributed by atoms with Crippen molar-refractivity contribution in [3.8, 4) is 0 Å². The largest absolute Gasteiger partial charge is 0.436 e. The van der Waals surface area contributed by atoms with E-state index in [-0.39, 0.29) is 18.9 Å². The standard InChI is InChI=1S/C20H21I3N2O4/c1-3-28-12(2)29-16(26)9-10-25(13-7-5-4-6-8-13)20(27)17-14(21)11-15(22)19(24)18(17)23/h4-8,11-12H,3,9-10,24H2,1-2H3. The van der Waals surface area contributed by atoms with Gasteiger partial charge in [-0.2, -0.15) is 0 Å². The highest BCUT2D eigenvalue weighted by molar-refractivity contribution is 14.1. The molecular weight excluding hydrogens is 713 g/mol. The molecule has 0 saturated heterocycles. The number of hydrogen-bond acceptors (Lipinski definition) is 5. The van der Waals surface area contributed by atoms with E-state index in [1.165, 1.54) is 0 Å². The molecule has 1 amide bonds. The van der Waals surface area contributed by atoms with Gasteiger partial charge in [0.1, 0.15) is 0 Å². The first-order chi connectivity index (χ1) is 13.8. The van der Waals surface area contributed by atoms with E-state index in [4.69, 9.17) is 15.2 Å². The monoisotopic (exact) mass is 734 g/mol. The van der Waals surface area contributed by atoms with Crippen LogP contribution >= 0.6 is 67.8 Å². The van der Waals surface area contributed by atoms with Gasteiger partial charge in [-0.3, -0.25) is 9.59 Å². The average molecular weight is 734 g/mol. The van der Waals surface area contributed by atoms with Crippen molar-refractivity contribution in [3.63, 3.8) is 0 Å². The maximum absolute atomic E-state index is 13.5. The molecule has 0 aliphatic heterocycles. The fourth-order valence-corrected chi connectivity index (χ4v) is 6.44. The summed E-state index contributed by atoms with van der Waals surface area (Å²) in [6.07, 6.45) is -0.573. The lowest BCUT2D eigenvalue weighted by atomic mass is 10.1. The lowest BCUT2D eigenvalue weighted by molar-refractivity contribution is -0.173. The number of halogens is 3. The van der Waals surface area contributed by atoms with Crippen LogP contribution in [0.15, 0.2) is 36.4 Å². The summed E-state index contributed by atoms with van der Waals surface area (Å²) in [6.45, 7) is 4.13. The molecule has 0 aromatic heterocycles. The predicted octanol–water partition coefficient (Wildman–Crippen LogP) is 5.05. The maximum Gasteiger partial charge on any atom is 0.309 e. The Balaban J connectivity index is 2.30. The van der Waals surface area contributed by atoms with Crippen LogP contribution in [0.4, 0.5) is 11.4 Å². The van der Waals surface area contributed by atoms with E-state index in [2.05, 4.69) is 67.8 Å². The molecule has 0 radical (unpaired) electrons. The van der Waals surface area contributed by atoms with Crippen molar-refractivity contribution in [2.75, 3.05) is 23.8 Å². The van der Waals surface area contributed by atoms with E-state index in [1.54, 1.807) is 11.8 Å². The van der Waals surface area contributed by atoms with Gasteiger partial charge in [0.2, 0.25) is 0 Å². The molecule has 0 aliphatic carbocycles. The molecule has 156 valence electrons. The Morgan fingerprint density at radius 1 is 1.14 bits per heavy atom. The van der Waals surface area contributed by atoms with Gasteiger partial charge in [-0.15, -0.1) is 0 Å². The van der Waals surface area contributed by atoms with Crippen molar-refractivity contribution in [3.05, 3.63) is 52.7 Å². The molecule has 0 fully saturated rings. The lowest BCUT2D eigenvalue weighted by Gasteiger charge is -2.24. The van der Waals surface area contributed by atoms with Gasteiger partial charge in [0.05, 0.1) is 21.2 Å². The first kappa shape index (κ1) is 24.6. The minimum atomic E-state index is -0.619. The van der Waals surface area contributed by atoms with Crippen LogP contribution in [0.3, 0.4) is 0 Å². The summed E-state index contributed by atoms with van der Waals surface area (Å²) >= 11 is 6.40. The third-order valence-electron chi connectivity index (χ3n) is 3.97. The summed E-state index contributed by atoms with van der Waals surface area (Å²) in [6, 6.07) is 11.1. The molecule has 29 heavy (non-hydrogen) atoms. The Labute approximate surface area is 211 Å². The zero-order valence-corrected chi connectivity index (χ0v) is 22.4. The summed E-state index contributed by atoms with van der Waals surface area (Å²) in [4.78, 5) is 27.2. The number of ether oxygens (including phenoxy) is 2. The number of benzene rings is 2. The van der Waals surface area contributed by atoms with Crippen LogP contribution in [-0.2, 0) is 14.3 Å². The number of anilines is 2. The SMILES string of the molecule is CCOC(C)OC(=O)CCN(C(=O)c1c(I)cc(I)c(N)c1I)c1ccccc1. The number of nitrogen functional groups attached to an aromatic ring is 1. The molecule has 2 N–H and O–H groups in total. The van der Waals surface area contributed by atoms with E-state index in [9.17, 15) is 9.59 Å². The highest BCUT2D eigenvalue weighted by atomic mass is 127. The zero-order chi connectivity index (χ0) is 21.6. The van der Waals surface area contributed by atoms with Gasteiger partial charge in [-0.25, -0.2) is 0 Å². The van der Waals surface area contributed by atoms with Gasteiger partial charge in [0.15, 0.2) is 6.29 Å². The first-order valence-corrected chi connectivity index (χ1v) is 12.1. The fourth-order valence-electron chi connectivity index (χ4n) is 2.61. The summed E-state index contributed by atoms with van der Waals surface area (Å²) in [7, 11) is 0. The molecule has 6 nitrogen and oxygen atoms in total. The molecule has 0 saturated carbocycles. The fraction of sp³-hybridized carbons (Fsp3) is 0.300. The molecule has 2 aromatic rings. The summed E-state index contributed by atoms with van der Waals surface area (Å²) in [5, 5.41) is 0. The minimum Gasteiger partial charge on any atom is -0.436 e. The van der Waals surface area contributed by atoms with E-state index < -0.39 is 12.3 Å². The van der Waals surface area contributed by atoms with E-state index >= 15 is 0 Å². The second-order valence-electron chi connectivity index (χ2n) is 6.00. The molecule has 0 heterocycles. The zero-order valence-electron chi connectivity index (χ0n) is 16.0. The summed E-state index contributed by atoms with van der Waals surface area (Å²) < 4.78 is 12.9. The molecule has 2 rings (SSSR count). The maximum atomic E-state index is 13.5. The van der Waals surface area contributed by atoms with Crippen molar-refractivity contribution < 1.29 is 19.1 Å². The third kappa shape index (κ3) is 6.66. The number of hydrogen-bond donors (Lipinski definition) is 1. The Kier molecular flexibility index (Phi) is 9.88. The van der Waals surface area contributed by atoms with E-state index in [0.717, 1.165) is 7.14 Å². The van der Waals surface area contributed by atoms with Crippen molar-refractivity contribution in [1.82, 2.24) is 0 Å². The number of esters is 1. The molecule has 1 atom stereocenters. The third-order valence-corrected chi connectivity index (χ3v) is 6.83. The quantitative estimate of drug-likeness (QED) is 0.178. The van der Waals surface area contributed by atoms with Gasteiger partial charge in [0.25, 0.3) is 5.91 Å². The Bertz CT molecular complexity index is 878. The predicted molar refractivity (Wildman–Crippen MR) is 139 cm³/mol. The van der Waals surface area contributed by atoms with Crippen LogP contribution in [0.5, 0.6) is 0 Å². The van der Waals surface area contributed by atoms with Crippen LogP contribution in [0.1, 0.15) is 30.6 Å². The van der Waals surface area contributed by atoms with Gasteiger partial charge in [-0.05, 0) is 99.8 Å². The number of nitrogens with two attached hydrogens (primary N) is 1. The van der Waals surface area contributed by atoms with Crippen molar-refractivity contribution >= 4 is 91.0 Å². The molecule has 9 heteroatoms. The molecule has 1 unspecified atom stereocenters. The van der Waals surface area contributed by atoms with Crippen molar-refractivity contribution in [2.45, 2.75) is 26.6 Å². The number of carbonyl (C=O) groups is 2. The summed E-state index contributed by atoms with van der Waals surface area (Å²) in [5.74, 6) is -0.634. The number of nitrogens with zero attached hydrogens (tertiary/aromatic N) is 1. The molecule has 0 aliphatic rings. The Morgan fingerprint density at radius 3 is 2.41 bits per heavy atom. The molecule has 0 bridgehead atoms. The van der Waals surface area contributed by atoms with Crippen LogP contribution < -0.4 is 10.6 Å². The second kappa shape index (κ2) is 11.6. The molecular formula is C20H21I3N2O4. The highest BCUT2D eigenvalue weighted by Gasteiger charge is 2.25. The van der Waals surface area contributed by atoms with E-state index in [0.29, 0.717) is 27.1 Å². The minimum absolute atomic E-state index is 0.0467. The normalized spacial score (nSPS) is 11.8. The number of rotatable bonds is 8. The molecule has 0 spiro atoms. The van der Waals surface area contributed by atoms with Crippen LogP contribution in [-0.4, -0.2) is 31.3 Å². The Hall–Kier alpha value is -0.670. The van der Waals surface area contributed by atoms with Crippen molar-refractivity contribution in [2.24, 2.45) is 0 Å². The van der Waals surface area contributed by atoms with E-state index in [1.807, 2.05) is 43.3 Å². The Morgan fingerprint density at radius 2 is 1.79 bits per heavy atom.